The molecule has 7 nitrogen and oxygen atoms in total. The fourth-order valence-corrected chi connectivity index (χ4v) is 4.37. The van der Waals surface area contributed by atoms with Crippen molar-refractivity contribution in [2.75, 3.05) is 32.2 Å². The summed E-state index contributed by atoms with van der Waals surface area (Å²) in [6.07, 6.45) is 2.94. The van der Waals surface area contributed by atoms with Crippen LogP contribution in [0, 0.1) is 0 Å². The minimum Gasteiger partial charge on any atom is -0.497 e. The van der Waals surface area contributed by atoms with E-state index in [0.717, 1.165) is 0 Å². The van der Waals surface area contributed by atoms with Crippen LogP contribution in [-0.4, -0.2) is 63.3 Å². The lowest BCUT2D eigenvalue weighted by Crippen LogP contribution is -2.51. The lowest BCUT2D eigenvalue weighted by molar-refractivity contribution is -0.136. The summed E-state index contributed by atoms with van der Waals surface area (Å²) in [6, 6.07) is 5.16. The Morgan fingerprint density at radius 3 is 2.42 bits per heavy atom. The van der Waals surface area contributed by atoms with Crippen LogP contribution in [0.15, 0.2) is 29.2 Å². The van der Waals surface area contributed by atoms with Gasteiger partial charge in [0.05, 0.1) is 12.0 Å². The Labute approximate surface area is 158 Å². The fourth-order valence-electron chi connectivity index (χ4n) is 2.68. The second kappa shape index (κ2) is 9.38. The van der Waals surface area contributed by atoms with E-state index in [-0.39, 0.29) is 16.6 Å². The standard InChI is InChI=1S/C17H24N2O5S2/c1-24-14-3-5-15(6-4-14)26(22,23)18-16(9-12-25-2)17(21)19-10-7-13(20)8-11-19/h3-6,16,18H,7-12H2,1-2H3/t16-/m0/s1. The maximum Gasteiger partial charge on any atom is 0.241 e. The van der Waals surface area contributed by atoms with Gasteiger partial charge >= 0.3 is 0 Å². The Balaban J connectivity index is 2.14. The van der Waals surface area contributed by atoms with Crippen molar-refractivity contribution in [1.29, 1.82) is 0 Å². The first-order chi connectivity index (χ1) is 12.4. The number of benzene rings is 1. The van der Waals surface area contributed by atoms with Crippen LogP contribution >= 0.6 is 11.8 Å². The van der Waals surface area contributed by atoms with Crippen molar-refractivity contribution in [3.8, 4) is 5.75 Å². The van der Waals surface area contributed by atoms with Crippen molar-refractivity contribution < 1.29 is 22.7 Å². The predicted octanol–water partition coefficient (Wildman–Crippen LogP) is 1.29. The summed E-state index contributed by atoms with van der Waals surface area (Å²) in [4.78, 5) is 25.8. The zero-order valence-corrected chi connectivity index (χ0v) is 16.6. The Kier molecular flexibility index (Phi) is 7.48. The molecule has 0 bridgehead atoms. The van der Waals surface area contributed by atoms with E-state index in [0.29, 0.717) is 43.9 Å². The number of sulfonamides is 1. The van der Waals surface area contributed by atoms with Gasteiger partial charge < -0.3 is 9.64 Å². The van der Waals surface area contributed by atoms with Crippen LogP contribution in [0.5, 0.6) is 5.75 Å². The number of ether oxygens (including phenoxy) is 1. The third-order valence-corrected chi connectivity index (χ3v) is 6.34. The van der Waals surface area contributed by atoms with E-state index in [1.54, 1.807) is 28.8 Å². The van der Waals surface area contributed by atoms with Gasteiger partial charge in [0.2, 0.25) is 15.9 Å². The normalized spacial score (nSPS) is 16.4. The molecule has 1 aromatic carbocycles. The fraction of sp³-hybridized carbons (Fsp3) is 0.529. The topological polar surface area (TPSA) is 92.8 Å². The lowest BCUT2D eigenvalue weighted by Gasteiger charge is -2.30. The number of nitrogens with zero attached hydrogens (tertiary/aromatic N) is 1. The molecule has 1 amide bonds. The van der Waals surface area contributed by atoms with Crippen LogP contribution in [0.25, 0.3) is 0 Å². The maximum atomic E-state index is 12.8. The number of amides is 1. The molecular weight excluding hydrogens is 376 g/mol. The highest BCUT2D eigenvalue weighted by molar-refractivity contribution is 7.98. The van der Waals surface area contributed by atoms with Gasteiger partial charge in [-0.3, -0.25) is 9.59 Å². The number of thioether (sulfide) groups is 1. The predicted molar refractivity (Wildman–Crippen MR) is 101 cm³/mol. The highest BCUT2D eigenvalue weighted by Crippen LogP contribution is 2.17. The molecule has 1 saturated heterocycles. The van der Waals surface area contributed by atoms with Gasteiger partial charge in [-0.05, 0) is 42.7 Å². The number of nitrogens with one attached hydrogen (secondary N) is 1. The van der Waals surface area contributed by atoms with Gasteiger partial charge in [-0.2, -0.15) is 16.5 Å². The number of hydrogen-bond donors (Lipinski definition) is 1. The molecule has 0 saturated carbocycles. The maximum absolute atomic E-state index is 12.8. The molecule has 0 aromatic heterocycles. The summed E-state index contributed by atoms with van der Waals surface area (Å²) in [5.41, 5.74) is 0. The number of carbonyl (C=O) groups excluding carboxylic acids is 2. The second-order valence-corrected chi connectivity index (χ2v) is 8.69. The van der Waals surface area contributed by atoms with E-state index >= 15 is 0 Å². The van der Waals surface area contributed by atoms with Gasteiger partial charge in [0.25, 0.3) is 0 Å². The van der Waals surface area contributed by atoms with E-state index in [1.807, 2.05) is 6.26 Å². The van der Waals surface area contributed by atoms with Crippen LogP contribution in [0.1, 0.15) is 19.3 Å². The van der Waals surface area contributed by atoms with E-state index in [4.69, 9.17) is 4.74 Å². The molecule has 144 valence electrons. The first kappa shape index (κ1) is 20.7. The van der Waals surface area contributed by atoms with Crippen LogP contribution in [0.3, 0.4) is 0 Å². The summed E-state index contributed by atoms with van der Waals surface area (Å²) in [5, 5.41) is 0. The van der Waals surface area contributed by atoms with Crippen molar-refractivity contribution in [3.05, 3.63) is 24.3 Å². The molecule has 0 unspecified atom stereocenters. The summed E-state index contributed by atoms with van der Waals surface area (Å²) in [7, 11) is -2.34. The molecule has 0 radical (unpaired) electrons. The van der Waals surface area contributed by atoms with Gasteiger partial charge in [-0.15, -0.1) is 0 Å². The molecule has 1 N–H and O–H groups in total. The summed E-state index contributed by atoms with van der Waals surface area (Å²) >= 11 is 1.54. The summed E-state index contributed by atoms with van der Waals surface area (Å²) in [5.74, 6) is 1.06. The molecule has 1 aliphatic heterocycles. The van der Waals surface area contributed by atoms with Crippen LogP contribution in [0.4, 0.5) is 0 Å². The molecule has 26 heavy (non-hydrogen) atoms. The molecule has 1 aromatic rings. The average molecular weight is 401 g/mol. The van der Waals surface area contributed by atoms with Gasteiger partial charge in [-0.25, -0.2) is 8.42 Å². The molecular formula is C17H24N2O5S2. The molecule has 0 spiro atoms. The lowest BCUT2D eigenvalue weighted by atomic mass is 10.1. The van der Waals surface area contributed by atoms with Crippen molar-refractivity contribution in [3.63, 3.8) is 0 Å². The summed E-state index contributed by atoms with van der Waals surface area (Å²) < 4.78 is 32.9. The van der Waals surface area contributed by atoms with E-state index in [1.165, 1.54) is 19.2 Å². The number of piperidine rings is 1. The number of carbonyl (C=O) groups is 2. The number of rotatable bonds is 8. The Bertz CT molecular complexity index is 724. The Hall–Kier alpha value is -1.58. The van der Waals surface area contributed by atoms with Gasteiger partial charge in [0, 0.05) is 25.9 Å². The third-order valence-electron chi connectivity index (χ3n) is 4.21. The highest BCUT2D eigenvalue weighted by atomic mass is 32.2. The SMILES string of the molecule is COc1ccc(S(=O)(=O)N[C@@H](CCSC)C(=O)N2CCC(=O)CC2)cc1. The monoisotopic (exact) mass is 400 g/mol. The van der Waals surface area contributed by atoms with Gasteiger partial charge in [0.1, 0.15) is 17.6 Å². The van der Waals surface area contributed by atoms with E-state index in [9.17, 15) is 18.0 Å². The number of Topliss-reactive ketones (excluding diaryl/α,β-unsaturated/α-hetero) is 1. The molecule has 2 rings (SSSR count). The van der Waals surface area contributed by atoms with E-state index in [2.05, 4.69) is 4.72 Å². The van der Waals surface area contributed by atoms with Crippen LogP contribution in [-0.2, 0) is 19.6 Å². The quantitative estimate of drug-likeness (QED) is 0.707. The minimum absolute atomic E-state index is 0.0778. The van der Waals surface area contributed by atoms with Crippen molar-refractivity contribution >= 4 is 33.5 Å². The van der Waals surface area contributed by atoms with Crippen molar-refractivity contribution in [1.82, 2.24) is 9.62 Å². The number of likely N-dealkylation sites (tertiary alicyclic amines) is 1. The molecule has 9 heteroatoms. The number of ketones is 1. The highest BCUT2D eigenvalue weighted by Gasteiger charge is 2.30. The number of methoxy groups -OCH3 is 1. The average Bonchev–Trinajstić information content (AvgIpc) is 2.65. The smallest absolute Gasteiger partial charge is 0.241 e. The summed E-state index contributed by atoms with van der Waals surface area (Å²) in [6.45, 7) is 0.690. The molecule has 1 aliphatic rings. The van der Waals surface area contributed by atoms with Crippen molar-refractivity contribution in [2.24, 2.45) is 0 Å². The first-order valence-electron chi connectivity index (χ1n) is 8.33. The van der Waals surface area contributed by atoms with Crippen LogP contribution in [0.2, 0.25) is 0 Å². The molecule has 0 aliphatic carbocycles. The van der Waals surface area contributed by atoms with Gasteiger partial charge in [-0.1, -0.05) is 0 Å². The Morgan fingerprint density at radius 2 is 1.88 bits per heavy atom. The zero-order valence-electron chi connectivity index (χ0n) is 14.9. The molecule has 1 atom stereocenters. The Morgan fingerprint density at radius 1 is 1.27 bits per heavy atom. The van der Waals surface area contributed by atoms with E-state index < -0.39 is 16.1 Å². The molecule has 1 heterocycles. The van der Waals surface area contributed by atoms with Crippen LogP contribution < -0.4 is 9.46 Å². The third kappa shape index (κ3) is 5.46. The molecule has 1 fully saturated rings. The largest absolute Gasteiger partial charge is 0.497 e. The second-order valence-electron chi connectivity index (χ2n) is 5.99. The van der Waals surface area contributed by atoms with Gasteiger partial charge in [0.15, 0.2) is 0 Å². The number of hydrogen-bond acceptors (Lipinski definition) is 6. The minimum atomic E-state index is -3.84. The van der Waals surface area contributed by atoms with Crippen molar-refractivity contribution in [2.45, 2.75) is 30.2 Å². The zero-order chi connectivity index (χ0) is 19.2. The first-order valence-corrected chi connectivity index (χ1v) is 11.2.